The molecule has 0 amide bonds. The van der Waals surface area contributed by atoms with Crippen molar-refractivity contribution in [2.45, 2.75) is 12.2 Å². The fourth-order valence-corrected chi connectivity index (χ4v) is 1.75. The maximum atomic E-state index is 12.2. The van der Waals surface area contributed by atoms with Crippen LogP contribution in [0.15, 0.2) is 0 Å². The van der Waals surface area contributed by atoms with E-state index < -0.39 is 11.2 Å². The van der Waals surface area contributed by atoms with Gasteiger partial charge in [-0.05, 0) is 0 Å². The monoisotopic (exact) mass is 275 g/mol. The maximum absolute atomic E-state index is 12.2. The molecule has 1 heterocycles. The van der Waals surface area contributed by atoms with Crippen LogP contribution in [0.4, 0.5) is 18.3 Å². The third-order valence-electron chi connectivity index (χ3n) is 1.55. The number of hydrogen-bond acceptors (Lipinski definition) is 5. The molecule has 9 heteroatoms. The van der Waals surface area contributed by atoms with Crippen molar-refractivity contribution in [3.05, 3.63) is 5.01 Å². The molecule has 1 N–H and O–H groups in total. The van der Waals surface area contributed by atoms with E-state index in [1.54, 1.807) is 0 Å². The summed E-state index contributed by atoms with van der Waals surface area (Å²) in [5.41, 5.74) is 0. The van der Waals surface area contributed by atoms with Gasteiger partial charge in [0.1, 0.15) is 0 Å². The summed E-state index contributed by atoms with van der Waals surface area (Å²) in [5.74, 6) is 0.203. The number of alkyl halides is 4. The number of rotatable bonds is 5. The summed E-state index contributed by atoms with van der Waals surface area (Å²) in [6.07, 6.45) is -4.46. The van der Waals surface area contributed by atoms with Crippen molar-refractivity contribution in [3.63, 3.8) is 0 Å². The standard InChI is InChI=1S/C7H9ClF3N3OS/c1-15-3-4(2-8)12-6-14-13-5(16-6)7(9,10)11/h4H,2-3H2,1H3,(H,12,14). The summed E-state index contributed by atoms with van der Waals surface area (Å²) in [5, 5.41) is 8.21. The predicted molar refractivity (Wildman–Crippen MR) is 54.9 cm³/mol. The lowest BCUT2D eigenvalue weighted by atomic mass is 10.4. The number of aromatic nitrogens is 2. The molecule has 92 valence electrons. The van der Waals surface area contributed by atoms with Crippen molar-refractivity contribution in [1.82, 2.24) is 10.2 Å². The zero-order valence-electron chi connectivity index (χ0n) is 8.21. The van der Waals surface area contributed by atoms with Gasteiger partial charge in [0.2, 0.25) is 10.1 Å². The molecule has 1 aromatic heterocycles. The Labute approximate surface area is 98.8 Å². The summed E-state index contributed by atoms with van der Waals surface area (Å²) in [7, 11) is 1.47. The molecule has 1 aromatic rings. The highest BCUT2D eigenvalue weighted by molar-refractivity contribution is 7.15. The van der Waals surface area contributed by atoms with Crippen molar-refractivity contribution >= 4 is 28.1 Å². The predicted octanol–water partition coefficient (Wildman–Crippen LogP) is 2.22. The van der Waals surface area contributed by atoms with E-state index in [1.807, 2.05) is 0 Å². The number of halogens is 4. The topological polar surface area (TPSA) is 47.0 Å². The first-order valence-electron chi connectivity index (χ1n) is 4.19. The second-order valence-corrected chi connectivity index (χ2v) is 4.15. The van der Waals surface area contributed by atoms with Crippen molar-refractivity contribution in [2.24, 2.45) is 0 Å². The fraction of sp³-hybridized carbons (Fsp3) is 0.714. The van der Waals surface area contributed by atoms with Crippen LogP contribution in [0.2, 0.25) is 0 Å². The third-order valence-corrected chi connectivity index (χ3v) is 2.82. The molecular formula is C7H9ClF3N3OS. The number of nitrogens with zero attached hydrogens (tertiary/aromatic N) is 2. The molecule has 16 heavy (non-hydrogen) atoms. The molecule has 0 aliphatic carbocycles. The SMILES string of the molecule is COCC(CCl)Nc1nnc(C(F)(F)F)s1. The van der Waals surface area contributed by atoms with E-state index in [0.29, 0.717) is 11.3 Å². The quantitative estimate of drug-likeness (QED) is 0.837. The van der Waals surface area contributed by atoms with Crippen LogP contribution in [0.1, 0.15) is 5.01 Å². The zero-order valence-corrected chi connectivity index (χ0v) is 9.79. The van der Waals surface area contributed by atoms with Crippen LogP contribution in [0, 0.1) is 0 Å². The van der Waals surface area contributed by atoms with Gasteiger partial charge in [-0.1, -0.05) is 11.3 Å². The van der Waals surface area contributed by atoms with Gasteiger partial charge in [-0.3, -0.25) is 0 Å². The largest absolute Gasteiger partial charge is 0.445 e. The second kappa shape index (κ2) is 5.65. The molecule has 0 radical (unpaired) electrons. The molecule has 1 atom stereocenters. The Hall–Kier alpha value is -0.600. The van der Waals surface area contributed by atoms with Crippen LogP contribution >= 0.6 is 22.9 Å². The number of anilines is 1. The molecule has 0 aliphatic rings. The average Bonchev–Trinajstić information content (AvgIpc) is 2.65. The van der Waals surface area contributed by atoms with Crippen LogP contribution in [0.5, 0.6) is 0 Å². The maximum Gasteiger partial charge on any atom is 0.445 e. The molecule has 1 rings (SSSR count). The zero-order chi connectivity index (χ0) is 12.2. The Morgan fingerprint density at radius 1 is 1.50 bits per heavy atom. The molecule has 0 fully saturated rings. The highest BCUT2D eigenvalue weighted by Crippen LogP contribution is 2.33. The molecule has 0 spiro atoms. The second-order valence-electron chi connectivity index (χ2n) is 2.86. The van der Waals surface area contributed by atoms with Gasteiger partial charge in [-0.15, -0.1) is 21.8 Å². The van der Waals surface area contributed by atoms with Crippen LogP contribution in [0.3, 0.4) is 0 Å². The Morgan fingerprint density at radius 2 is 2.19 bits per heavy atom. The normalized spacial score (nSPS) is 13.8. The van der Waals surface area contributed by atoms with Crippen LogP contribution < -0.4 is 5.32 Å². The Balaban J connectivity index is 2.64. The van der Waals surface area contributed by atoms with Gasteiger partial charge in [0.15, 0.2) is 0 Å². The van der Waals surface area contributed by atoms with Gasteiger partial charge in [-0.25, -0.2) is 0 Å². The van der Waals surface area contributed by atoms with Crippen LogP contribution in [0.25, 0.3) is 0 Å². The highest BCUT2D eigenvalue weighted by Gasteiger charge is 2.35. The third kappa shape index (κ3) is 3.76. The molecule has 0 aromatic carbocycles. The summed E-state index contributed by atoms with van der Waals surface area (Å²) in [4.78, 5) is 0. The van der Waals surface area contributed by atoms with E-state index in [0.717, 1.165) is 0 Å². The van der Waals surface area contributed by atoms with Crippen molar-refractivity contribution in [3.8, 4) is 0 Å². The van der Waals surface area contributed by atoms with E-state index in [1.165, 1.54) is 7.11 Å². The average molecular weight is 276 g/mol. The van der Waals surface area contributed by atoms with Gasteiger partial charge in [-0.2, -0.15) is 13.2 Å². The minimum Gasteiger partial charge on any atom is -0.383 e. The first-order valence-corrected chi connectivity index (χ1v) is 5.54. The summed E-state index contributed by atoms with van der Waals surface area (Å²) < 4.78 is 41.4. The van der Waals surface area contributed by atoms with Gasteiger partial charge in [0, 0.05) is 13.0 Å². The molecule has 4 nitrogen and oxygen atoms in total. The Morgan fingerprint density at radius 3 is 2.62 bits per heavy atom. The molecule has 0 aliphatic heterocycles. The number of nitrogens with one attached hydrogen (secondary N) is 1. The van der Waals surface area contributed by atoms with E-state index in [2.05, 4.69) is 15.5 Å². The van der Waals surface area contributed by atoms with Crippen LogP contribution in [-0.2, 0) is 10.9 Å². The molecule has 0 saturated carbocycles. The van der Waals surface area contributed by atoms with E-state index in [4.69, 9.17) is 16.3 Å². The molecule has 1 unspecified atom stereocenters. The summed E-state index contributed by atoms with van der Waals surface area (Å²) >= 11 is 6.02. The van der Waals surface area contributed by atoms with Gasteiger partial charge < -0.3 is 10.1 Å². The first-order chi connectivity index (χ1) is 7.47. The minimum atomic E-state index is -4.46. The van der Waals surface area contributed by atoms with Crippen molar-refractivity contribution in [2.75, 3.05) is 24.9 Å². The van der Waals surface area contributed by atoms with Gasteiger partial charge in [0.25, 0.3) is 0 Å². The summed E-state index contributed by atoms with van der Waals surface area (Å²) in [6.45, 7) is 0.282. The van der Waals surface area contributed by atoms with Gasteiger partial charge >= 0.3 is 6.18 Å². The number of methoxy groups -OCH3 is 1. The van der Waals surface area contributed by atoms with E-state index in [-0.39, 0.29) is 23.7 Å². The number of hydrogen-bond donors (Lipinski definition) is 1. The summed E-state index contributed by atoms with van der Waals surface area (Å²) in [6, 6.07) is -0.291. The Bertz CT molecular complexity index is 333. The van der Waals surface area contributed by atoms with E-state index in [9.17, 15) is 13.2 Å². The van der Waals surface area contributed by atoms with Crippen molar-refractivity contribution < 1.29 is 17.9 Å². The lowest BCUT2D eigenvalue weighted by Gasteiger charge is -2.12. The number of ether oxygens (including phenoxy) is 1. The lowest BCUT2D eigenvalue weighted by molar-refractivity contribution is -0.138. The lowest BCUT2D eigenvalue weighted by Crippen LogP contribution is -2.26. The molecular weight excluding hydrogens is 267 g/mol. The molecule has 0 bridgehead atoms. The first kappa shape index (κ1) is 13.5. The molecule has 0 saturated heterocycles. The highest BCUT2D eigenvalue weighted by atomic mass is 35.5. The Kier molecular flexibility index (Phi) is 4.75. The minimum absolute atomic E-state index is 0.0787. The fourth-order valence-electron chi connectivity index (χ4n) is 0.897. The van der Waals surface area contributed by atoms with Crippen molar-refractivity contribution in [1.29, 1.82) is 0 Å². The van der Waals surface area contributed by atoms with Crippen LogP contribution in [-0.4, -0.2) is 35.8 Å². The van der Waals surface area contributed by atoms with E-state index >= 15 is 0 Å². The smallest absolute Gasteiger partial charge is 0.383 e. The van der Waals surface area contributed by atoms with Gasteiger partial charge in [0.05, 0.1) is 12.6 Å².